The van der Waals surface area contributed by atoms with Crippen LogP contribution < -0.4 is 5.32 Å². The van der Waals surface area contributed by atoms with E-state index in [2.05, 4.69) is 25.2 Å². The quantitative estimate of drug-likeness (QED) is 0.573. The maximum atomic E-state index is 10.9. The molecule has 1 aliphatic carbocycles. The van der Waals surface area contributed by atoms with E-state index >= 15 is 0 Å². The number of allylic oxidation sites excluding steroid dienone is 1. The van der Waals surface area contributed by atoms with Crippen molar-refractivity contribution in [1.29, 1.82) is 0 Å². The van der Waals surface area contributed by atoms with Gasteiger partial charge < -0.3 is 5.32 Å². The highest BCUT2D eigenvalue weighted by molar-refractivity contribution is 7.84. The van der Waals surface area contributed by atoms with Crippen molar-refractivity contribution in [3.8, 4) is 0 Å². The Bertz CT molecular complexity index is 263. The molecule has 0 aromatic carbocycles. The Labute approximate surface area is 102 Å². The molecule has 0 aromatic heterocycles. The zero-order chi connectivity index (χ0) is 12.0. The van der Waals surface area contributed by atoms with Gasteiger partial charge in [-0.3, -0.25) is 4.21 Å². The molecule has 0 saturated carbocycles. The average molecular weight is 243 g/mol. The Balaban J connectivity index is 2.18. The lowest BCUT2D eigenvalue weighted by molar-refractivity contribution is 0.351. The number of hydrogen-bond acceptors (Lipinski definition) is 2. The normalized spacial score (nSPS) is 27.6. The van der Waals surface area contributed by atoms with Crippen LogP contribution in [0.1, 0.15) is 33.1 Å². The fourth-order valence-electron chi connectivity index (χ4n) is 2.40. The van der Waals surface area contributed by atoms with Gasteiger partial charge in [-0.2, -0.15) is 0 Å². The third-order valence-corrected chi connectivity index (χ3v) is 4.37. The van der Waals surface area contributed by atoms with Crippen LogP contribution >= 0.6 is 0 Å². The van der Waals surface area contributed by atoms with E-state index in [1.54, 1.807) is 11.8 Å². The molecule has 0 aromatic rings. The minimum Gasteiger partial charge on any atom is -0.316 e. The van der Waals surface area contributed by atoms with Gasteiger partial charge in [0.1, 0.15) is 0 Å². The molecule has 0 amide bonds. The van der Waals surface area contributed by atoms with E-state index in [0.29, 0.717) is 5.92 Å². The maximum Gasteiger partial charge on any atom is 0.0244 e. The van der Waals surface area contributed by atoms with Gasteiger partial charge in [-0.05, 0) is 44.6 Å². The van der Waals surface area contributed by atoms with Gasteiger partial charge in [-0.1, -0.05) is 18.6 Å². The van der Waals surface area contributed by atoms with Gasteiger partial charge in [0.15, 0.2) is 0 Å². The van der Waals surface area contributed by atoms with Crippen molar-refractivity contribution in [1.82, 2.24) is 5.32 Å². The van der Waals surface area contributed by atoms with E-state index in [4.69, 9.17) is 0 Å². The molecule has 16 heavy (non-hydrogen) atoms. The smallest absolute Gasteiger partial charge is 0.0244 e. The molecule has 3 atom stereocenters. The van der Waals surface area contributed by atoms with Crippen LogP contribution in [0.15, 0.2) is 11.6 Å². The lowest BCUT2D eigenvalue weighted by Gasteiger charge is -2.29. The van der Waals surface area contributed by atoms with Gasteiger partial charge in [0, 0.05) is 29.4 Å². The number of hydrogen-bond donors (Lipinski definition) is 1. The average Bonchev–Trinajstić information content (AvgIpc) is 2.21. The molecule has 2 nitrogen and oxygen atoms in total. The second-order valence-electron chi connectivity index (χ2n) is 4.94. The monoisotopic (exact) mass is 243 g/mol. The van der Waals surface area contributed by atoms with Crippen molar-refractivity contribution in [2.75, 3.05) is 25.1 Å². The van der Waals surface area contributed by atoms with Crippen molar-refractivity contribution in [3.05, 3.63) is 11.6 Å². The molecule has 3 heteroatoms. The van der Waals surface area contributed by atoms with E-state index in [1.165, 1.54) is 12.8 Å². The van der Waals surface area contributed by atoms with Gasteiger partial charge in [0.25, 0.3) is 0 Å². The SMILES string of the molecule is CC1=CCC[C@@H](C)[C@@H]1CNCCC[S@](C)=O. The fourth-order valence-corrected chi connectivity index (χ4v) is 2.95. The summed E-state index contributed by atoms with van der Waals surface area (Å²) in [6.45, 7) is 6.68. The van der Waals surface area contributed by atoms with E-state index in [1.807, 2.05) is 0 Å². The van der Waals surface area contributed by atoms with Gasteiger partial charge in [-0.15, -0.1) is 0 Å². The molecule has 0 fully saturated rings. The first kappa shape index (κ1) is 13.9. The molecule has 0 heterocycles. The lowest BCUT2D eigenvalue weighted by atomic mass is 9.80. The van der Waals surface area contributed by atoms with Crippen LogP contribution in [0.5, 0.6) is 0 Å². The minimum atomic E-state index is -0.639. The van der Waals surface area contributed by atoms with Crippen LogP contribution in [-0.2, 0) is 10.8 Å². The third-order valence-electron chi connectivity index (χ3n) is 3.51. The summed E-state index contributed by atoms with van der Waals surface area (Å²) in [4.78, 5) is 0. The van der Waals surface area contributed by atoms with E-state index < -0.39 is 10.8 Å². The molecule has 0 bridgehead atoms. The first-order valence-corrected chi connectivity index (χ1v) is 8.01. The van der Waals surface area contributed by atoms with Gasteiger partial charge in [0.2, 0.25) is 0 Å². The number of nitrogens with one attached hydrogen (secondary N) is 1. The Morgan fingerprint density at radius 3 is 2.94 bits per heavy atom. The predicted octanol–water partition coefficient (Wildman–Crippen LogP) is 2.34. The second-order valence-corrected chi connectivity index (χ2v) is 6.50. The van der Waals surface area contributed by atoms with Crippen LogP contribution in [0, 0.1) is 11.8 Å². The molecule has 1 rings (SSSR count). The Kier molecular flexibility index (Phi) is 6.29. The summed E-state index contributed by atoms with van der Waals surface area (Å²) < 4.78 is 10.9. The molecule has 0 spiro atoms. The highest BCUT2D eigenvalue weighted by Gasteiger charge is 2.21. The Morgan fingerprint density at radius 1 is 1.56 bits per heavy atom. The molecule has 0 saturated heterocycles. The van der Waals surface area contributed by atoms with Gasteiger partial charge in [-0.25, -0.2) is 0 Å². The zero-order valence-corrected chi connectivity index (χ0v) is 11.6. The van der Waals surface area contributed by atoms with Crippen LogP contribution in [-0.4, -0.2) is 29.3 Å². The maximum absolute atomic E-state index is 10.9. The Morgan fingerprint density at radius 2 is 2.31 bits per heavy atom. The largest absolute Gasteiger partial charge is 0.316 e. The van der Waals surface area contributed by atoms with E-state index in [9.17, 15) is 4.21 Å². The standard InChI is InChI=1S/C13H25NOS/c1-11-6-4-7-12(2)13(11)10-14-8-5-9-16(3)15/h6,12-14H,4-5,7-10H2,1-3H3/t12-,13-,16+/m1/s1. The highest BCUT2D eigenvalue weighted by atomic mass is 32.2. The van der Waals surface area contributed by atoms with E-state index in [0.717, 1.165) is 31.2 Å². The summed E-state index contributed by atoms with van der Waals surface area (Å²) in [6.07, 6.45) is 7.75. The molecule has 1 N–H and O–H groups in total. The molecule has 0 aliphatic heterocycles. The van der Waals surface area contributed by atoms with Crippen molar-refractivity contribution in [2.45, 2.75) is 33.1 Å². The van der Waals surface area contributed by atoms with Crippen molar-refractivity contribution < 1.29 is 4.21 Å². The minimum absolute atomic E-state index is 0.639. The summed E-state index contributed by atoms with van der Waals surface area (Å²) in [5.41, 5.74) is 1.55. The zero-order valence-electron chi connectivity index (χ0n) is 10.8. The lowest BCUT2D eigenvalue weighted by Crippen LogP contribution is -2.30. The van der Waals surface area contributed by atoms with Crippen LogP contribution in [0.25, 0.3) is 0 Å². The van der Waals surface area contributed by atoms with Gasteiger partial charge >= 0.3 is 0 Å². The summed E-state index contributed by atoms with van der Waals surface area (Å²) in [6, 6.07) is 0. The predicted molar refractivity (Wildman–Crippen MR) is 72.1 cm³/mol. The molecule has 1 aliphatic rings. The highest BCUT2D eigenvalue weighted by Crippen LogP contribution is 2.29. The first-order chi connectivity index (χ1) is 7.61. The number of rotatable bonds is 6. The van der Waals surface area contributed by atoms with E-state index in [-0.39, 0.29) is 0 Å². The summed E-state index contributed by atoms with van der Waals surface area (Å²) in [5, 5.41) is 3.50. The first-order valence-electron chi connectivity index (χ1n) is 6.28. The summed E-state index contributed by atoms with van der Waals surface area (Å²) in [5.74, 6) is 2.33. The van der Waals surface area contributed by atoms with Crippen LogP contribution in [0.2, 0.25) is 0 Å². The summed E-state index contributed by atoms with van der Waals surface area (Å²) >= 11 is 0. The topological polar surface area (TPSA) is 29.1 Å². The molecule has 0 unspecified atom stereocenters. The van der Waals surface area contributed by atoms with Crippen molar-refractivity contribution >= 4 is 10.8 Å². The third kappa shape index (κ3) is 4.79. The molecular weight excluding hydrogens is 218 g/mol. The summed E-state index contributed by atoms with van der Waals surface area (Å²) in [7, 11) is -0.639. The molecule has 94 valence electrons. The molecular formula is C13H25NOS. The second kappa shape index (κ2) is 7.23. The van der Waals surface area contributed by atoms with Crippen LogP contribution in [0.3, 0.4) is 0 Å². The Hall–Kier alpha value is -0.150. The fraction of sp³-hybridized carbons (Fsp3) is 0.846. The van der Waals surface area contributed by atoms with Crippen molar-refractivity contribution in [3.63, 3.8) is 0 Å². The molecule has 0 radical (unpaired) electrons. The van der Waals surface area contributed by atoms with Gasteiger partial charge in [0.05, 0.1) is 0 Å². The van der Waals surface area contributed by atoms with Crippen molar-refractivity contribution in [2.24, 2.45) is 11.8 Å². The van der Waals surface area contributed by atoms with Crippen LogP contribution in [0.4, 0.5) is 0 Å².